The van der Waals surface area contributed by atoms with Crippen LogP contribution in [-0.4, -0.2) is 47.3 Å². The lowest BCUT2D eigenvalue weighted by Crippen LogP contribution is -2.00. The van der Waals surface area contributed by atoms with Gasteiger partial charge in [-0.3, -0.25) is 15.3 Å². The Morgan fingerprint density at radius 3 is 2.03 bits per heavy atom. The van der Waals surface area contributed by atoms with Crippen molar-refractivity contribution in [2.75, 3.05) is 41.0 Å². The van der Waals surface area contributed by atoms with Crippen molar-refractivity contribution in [1.82, 2.24) is 4.98 Å². The molecule has 1 aromatic heterocycles. The van der Waals surface area contributed by atoms with E-state index < -0.39 is 0 Å². The molecule has 0 aliphatic heterocycles. The Hall–Kier alpha value is -4.37. The first kappa shape index (κ1) is 29.9. The van der Waals surface area contributed by atoms with E-state index in [-0.39, 0.29) is 5.82 Å². The average Bonchev–Trinajstić information content (AvgIpc) is 2.96. The smallest absolute Gasteiger partial charge is 0.165 e. The van der Waals surface area contributed by atoms with Crippen molar-refractivity contribution in [3.63, 3.8) is 0 Å². The van der Waals surface area contributed by atoms with Crippen LogP contribution in [0.3, 0.4) is 0 Å². The summed E-state index contributed by atoms with van der Waals surface area (Å²) in [6.45, 7) is 3.89. The predicted molar refractivity (Wildman–Crippen MR) is 146 cm³/mol. The number of ether oxygens (including phenoxy) is 4. The Labute approximate surface area is 222 Å². The standard InChI is InChI=1S/C20H22N2O4.C8H9FO.CH2O/c1-23-18-10-15(22-26-4)6-5-14(18)9-13-7-8-21-17-12-20(25-3)19(24-2)11-16(13)17;1-6-3-4-7(9)8(5-6)10-2;1-2/h5-8,10-12,22H,9H2,1-4H3;3-5H,1-2H3;1H2. The van der Waals surface area contributed by atoms with Crippen molar-refractivity contribution in [2.24, 2.45) is 0 Å². The number of methoxy groups -OCH3 is 4. The van der Waals surface area contributed by atoms with Crippen molar-refractivity contribution in [2.45, 2.75) is 13.3 Å². The largest absolute Gasteiger partial charge is 0.496 e. The molecule has 4 rings (SSSR count). The van der Waals surface area contributed by atoms with Crippen LogP contribution in [0.4, 0.5) is 10.1 Å². The number of fused-ring (bicyclic) bond motifs is 1. The van der Waals surface area contributed by atoms with E-state index in [0.29, 0.717) is 23.7 Å². The number of anilines is 1. The fraction of sp³-hybridized carbons (Fsp3) is 0.241. The van der Waals surface area contributed by atoms with Crippen LogP contribution in [0.1, 0.15) is 16.7 Å². The maximum Gasteiger partial charge on any atom is 0.165 e. The van der Waals surface area contributed by atoms with Gasteiger partial charge in [0.25, 0.3) is 0 Å². The van der Waals surface area contributed by atoms with Gasteiger partial charge in [0.05, 0.1) is 46.8 Å². The Morgan fingerprint density at radius 1 is 0.763 bits per heavy atom. The summed E-state index contributed by atoms with van der Waals surface area (Å²) >= 11 is 0. The van der Waals surface area contributed by atoms with Gasteiger partial charge in [-0.25, -0.2) is 4.39 Å². The number of nitrogens with one attached hydrogen (secondary N) is 1. The average molecular weight is 525 g/mol. The number of halogens is 1. The van der Waals surface area contributed by atoms with E-state index in [1.807, 2.05) is 50.1 Å². The number of pyridine rings is 1. The number of rotatable bonds is 8. The molecule has 0 radical (unpaired) electrons. The van der Waals surface area contributed by atoms with Gasteiger partial charge in [-0.05, 0) is 53.9 Å². The summed E-state index contributed by atoms with van der Waals surface area (Å²) < 4.78 is 33.7. The molecule has 202 valence electrons. The molecular weight excluding hydrogens is 491 g/mol. The van der Waals surface area contributed by atoms with Gasteiger partial charge in [-0.2, -0.15) is 0 Å². The zero-order chi connectivity index (χ0) is 28.1. The van der Waals surface area contributed by atoms with Crippen LogP contribution in [0.25, 0.3) is 10.9 Å². The summed E-state index contributed by atoms with van der Waals surface area (Å²) in [7, 11) is 7.94. The van der Waals surface area contributed by atoms with Gasteiger partial charge in [-0.1, -0.05) is 12.1 Å². The Kier molecular flexibility index (Phi) is 11.8. The minimum Gasteiger partial charge on any atom is -0.496 e. The first-order valence-corrected chi connectivity index (χ1v) is 11.5. The fourth-order valence-corrected chi connectivity index (χ4v) is 3.73. The molecule has 0 spiro atoms. The summed E-state index contributed by atoms with van der Waals surface area (Å²) in [5, 5.41) is 1.02. The maximum atomic E-state index is 12.6. The summed E-state index contributed by atoms with van der Waals surface area (Å²) in [6, 6.07) is 16.5. The van der Waals surface area contributed by atoms with Crippen molar-refractivity contribution >= 4 is 23.4 Å². The SMILES string of the molecule is C=O.CONc1ccc(Cc2ccnc3cc(OC)c(OC)cc23)c(OC)c1.COc1cc(C)ccc1F. The third-order valence-corrected chi connectivity index (χ3v) is 5.53. The lowest BCUT2D eigenvalue weighted by atomic mass is 10.00. The van der Waals surface area contributed by atoms with Gasteiger partial charge < -0.3 is 23.7 Å². The first-order chi connectivity index (χ1) is 18.4. The Bertz CT molecular complexity index is 1330. The first-order valence-electron chi connectivity index (χ1n) is 11.5. The van der Waals surface area contributed by atoms with E-state index >= 15 is 0 Å². The molecule has 1 N–H and O–H groups in total. The molecule has 0 bridgehead atoms. The second-order valence-corrected chi connectivity index (χ2v) is 7.84. The Morgan fingerprint density at radius 2 is 1.42 bits per heavy atom. The van der Waals surface area contributed by atoms with Crippen molar-refractivity contribution in [1.29, 1.82) is 0 Å². The molecule has 0 atom stereocenters. The minimum atomic E-state index is -0.312. The highest BCUT2D eigenvalue weighted by Gasteiger charge is 2.12. The van der Waals surface area contributed by atoms with Gasteiger partial charge in [0.15, 0.2) is 23.1 Å². The molecule has 38 heavy (non-hydrogen) atoms. The number of carbonyl (C=O) groups excluding carboxylic acids is 1. The van der Waals surface area contributed by atoms with Crippen molar-refractivity contribution in [3.05, 3.63) is 83.3 Å². The molecule has 8 nitrogen and oxygen atoms in total. The number of carbonyl (C=O) groups is 1. The van der Waals surface area contributed by atoms with E-state index in [4.69, 9.17) is 28.6 Å². The normalized spacial score (nSPS) is 9.87. The molecule has 1 heterocycles. The van der Waals surface area contributed by atoms with E-state index in [0.717, 1.165) is 39.0 Å². The minimum absolute atomic E-state index is 0.306. The summed E-state index contributed by atoms with van der Waals surface area (Å²) in [6.07, 6.45) is 2.50. The zero-order valence-electron chi connectivity index (χ0n) is 22.5. The van der Waals surface area contributed by atoms with E-state index in [9.17, 15) is 4.39 Å². The summed E-state index contributed by atoms with van der Waals surface area (Å²) in [5.41, 5.74) is 7.69. The van der Waals surface area contributed by atoms with Crippen LogP contribution in [0.15, 0.2) is 60.8 Å². The molecule has 4 aromatic rings. The number of hydrogen-bond donors (Lipinski definition) is 1. The zero-order valence-corrected chi connectivity index (χ0v) is 22.5. The van der Waals surface area contributed by atoms with Gasteiger partial charge >= 0.3 is 0 Å². The highest BCUT2D eigenvalue weighted by molar-refractivity contribution is 5.86. The fourth-order valence-electron chi connectivity index (χ4n) is 3.73. The van der Waals surface area contributed by atoms with Crippen LogP contribution >= 0.6 is 0 Å². The van der Waals surface area contributed by atoms with Gasteiger partial charge in [0.1, 0.15) is 12.5 Å². The highest BCUT2D eigenvalue weighted by atomic mass is 19.1. The predicted octanol–water partition coefficient (Wildman–Crippen LogP) is 5.78. The number of benzene rings is 3. The molecule has 0 amide bonds. The number of nitrogens with zero attached hydrogens (tertiary/aromatic N) is 1. The van der Waals surface area contributed by atoms with Gasteiger partial charge in [0.2, 0.25) is 0 Å². The van der Waals surface area contributed by atoms with Crippen LogP contribution in [0, 0.1) is 12.7 Å². The third kappa shape index (κ3) is 7.57. The second kappa shape index (κ2) is 15.0. The van der Waals surface area contributed by atoms with Crippen molar-refractivity contribution in [3.8, 4) is 23.0 Å². The lowest BCUT2D eigenvalue weighted by molar-refractivity contribution is -0.0980. The number of hydrogen-bond acceptors (Lipinski definition) is 8. The molecule has 3 aromatic carbocycles. The van der Waals surface area contributed by atoms with E-state index in [1.165, 1.54) is 13.2 Å². The lowest BCUT2D eigenvalue weighted by Gasteiger charge is -2.14. The van der Waals surface area contributed by atoms with E-state index in [2.05, 4.69) is 10.5 Å². The van der Waals surface area contributed by atoms with Crippen molar-refractivity contribution < 1.29 is 33.0 Å². The van der Waals surface area contributed by atoms with Crippen LogP contribution in [-0.2, 0) is 16.1 Å². The summed E-state index contributed by atoms with van der Waals surface area (Å²) in [4.78, 5) is 17.4. The molecule has 0 saturated carbocycles. The third-order valence-electron chi connectivity index (χ3n) is 5.53. The molecule has 0 fully saturated rings. The Balaban J connectivity index is 0.000000353. The van der Waals surface area contributed by atoms with Gasteiger partial charge in [-0.15, -0.1) is 0 Å². The molecule has 0 aliphatic rings. The van der Waals surface area contributed by atoms with Crippen LogP contribution in [0.2, 0.25) is 0 Å². The number of aromatic nitrogens is 1. The molecule has 0 aliphatic carbocycles. The highest BCUT2D eigenvalue weighted by Crippen LogP contribution is 2.34. The van der Waals surface area contributed by atoms with Crippen LogP contribution in [0.5, 0.6) is 23.0 Å². The quantitative estimate of drug-likeness (QED) is 0.290. The monoisotopic (exact) mass is 524 g/mol. The molecule has 0 saturated heterocycles. The maximum absolute atomic E-state index is 12.6. The second-order valence-electron chi connectivity index (χ2n) is 7.84. The molecule has 9 heteroatoms. The topological polar surface area (TPSA) is 88.1 Å². The number of aryl methyl sites for hydroxylation is 1. The molecular formula is C29H33FN2O6. The molecule has 0 unspecified atom stereocenters. The summed E-state index contributed by atoms with van der Waals surface area (Å²) in [5.74, 6) is 2.13. The van der Waals surface area contributed by atoms with Crippen LogP contribution < -0.4 is 24.4 Å². The van der Waals surface area contributed by atoms with Gasteiger partial charge in [0, 0.05) is 30.1 Å². The van der Waals surface area contributed by atoms with E-state index in [1.54, 1.807) is 46.8 Å².